The highest BCUT2D eigenvalue weighted by molar-refractivity contribution is 6.03. The van der Waals surface area contributed by atoms with Gasteiger partial charge in [-0.1, -0.05) is 18.2 Å². The summed E-state index contributed by atoms with van der Waals surface area (Å²) in [6.07, 6.45) is 2.57. The number of nitrogens with one attached hydrogen (secondary N) is 1. The summed E-state index contributed by atoms with van der Waals surface area (Å²) in [6, 6.07) is 14.2. The number of ether oxygens (including phenoxy) is 2. The number of hydrogen-bond donors (Lipinski definition) is 2. The molecule has 0 saturated carbocycles. The number of para-hydroxylation sites is 1. The van der Waals surface area contributed by atoms with Crippen LogP contribution in [0.5, 0.6) is 17.2 Å². The van der Waals surface area contributed by atoms with Crippen LogP contribution in [0.15, 0.2) is 47.5 Å². The number of piperidine rings is 1. The fraction of sp³-hybridized carbons (Fsp3) is 0.480. The summed E-state index contributed by atoms with van der Waals surface area (Å²) in [5.41, 5.74) is 2.57. The third kappa shape index (κ3) is 4.41. The number of nitrogens with zero attached hydrogens (tertiary/aromatic N) is 2. The molecule has 1 fully saturated rings. The number of phenolic OH excluding ortho intramolecular Hbond substituents is 1. The Hall–Kier alpha value is -2.57. The average molecular weight is 424 g/mol. The van der Waals surface area contributed by atoms with Crippen molar-refractivity contribution < 1.29 is 14.6 Å². The van der Waals surface area contributed by atoms with Gasteiger partial charge in [0.15, 0.2) is 11.5 Å². The molecule has 1 spiro atoms. The minimum absolute atomic E-state index is 0.0671. The molecule has 2 aliphatic heterocycles. The van der Waals surface area contributed by atoms with E-state index in [1.807, 2.05) is 30.3 Å². The molecule has 0 unspecified atom stereocenters. The first-order valence-corrected chi connectivity index (χ1v) is 11.1. The fourth-order valence-electron chi connectivity index (χ4n) is 4.73. The summed E-state index contributed by atoms with van der Waals surface area (Å²) in [5, 5.41) is 14.4. The standard InChI is InChI=1S/C25H33N3O3/c1-17(2)28-13-11-25(12-14-28)26-20(18-9-10-23(30-3)24(15-18)31-4)16-21(27-25)19-7-5-6-8-22(19)29/h5-10,15,17,20,26,29H,11-14,16H2,1-4H3/t20-/m1/s1. The summed E-state index contributed by atoms with van der Waals surface area (Å²) >= 11 is 0. The van der Waals surface area contributed by atoms with Crippen LogP contribution in [0.1, 0.15) is 50.3 Å². The van der Waals surface area contributed by atoms with Gasteiger partial charge in [0.2, 0.25) is 0 Å². The minimum atomic E-state index is -0.334. The van der Waals surface area contributed by atoms with Gasteiger partial charge in [-0.15, -0.1) is 0 Å². The molecular weight excluding hydrogens is 390 g/mol. The molecule has 0 amide bonds. The van der Waals surface area contributed by atoms with Crippen molar-refractivity contribution in [2.75, 3.05) is 27.3 Å². The first kappa shape index (κ1) is 21.7. The van der Waals surface area contributed by atoms with Crippen molar-refractivity contribution in [3.8, 4) is 17.2 Å². The normalized spacial score (nSPS) is 21.2. The Morgan fingerprint density at radius 2 is 1.77 bits per heavy atom. The molecule has 2 aromatic carbocycles. The molecule has 1 saturated heterocycles. The summed E-state index contributed by atoms with van der Waals surface area (Å²) in [6.45, 7) is 6.49. The number of hydrogen-bond acceptors (Lipinski definition) is 6. The highest BCUT2D eigenvalue weighted by Gasteiger charge is 2.40. The van der Waals surface area contributed by atoms with E-state index in [0.717, 1.165) is 54.3 Å². The Labute approximate surface area is 184 Å². The molecule has 0 aromatic heterocycles. The summed E-state index contributed by atoms with van der Waals surface area (Å²) in [5.74, 6) is 1.72. The zero-order chi connectivity index (χ0) is 22.0. The molecule has 6 heteroatoms. The van der Waals surface area contributed by atoms with Gasteiger partial charge in [-0.2, -0.15) is 0 Å². The molecule has 4 rings (SSSR count). The van der Waals surface area contributed by atoms with Gasteiger partial charge in [0, 0.05) is 42.9 Å². The van der Waals surface area contributed by atoms with E-state index < -0.39 is 0 Å². The number of aliphatic imine (C=N–C) groups is 1. The second-order valence-corrected chi connectivity index (χ2v) is 8.75. The summed E-state index contributed by atoms with van der Waals surface area (Å²) in [4.78, 5) is 7.71. The molecule has 0 aliphatic carbocycles. The lowest BCUT2D eigenvalue weighted by Gasteiger charge is -2.46. The van der Waals surface area contributed by atoms with Gasteiger partial charge in [0.05, 0.1) is 14.2 Å². The van der Waals surface area contributed by atoms with E-state index in [0.29, 0.717) is 12.5 Å². The largest absolute Gasteiger partial charge is 0.507 e. The highest BCUT2D eigenvalue weighted by atomic mass is 16.5. The van der Waals surface area contributed by atoms with Crippen molar-refractivity contribution >= 4 is 5.71 Å². The van der Waals surface area contributed by atoms with E-state index in [-0.39, 0.29) is 17.5 Å². The smallest absolute Gasteiger partial charge is 0.161 e. The van der Waals surface area contributed by atoms with Gasteiger partial charge in [-0.25, -0.2) is 0 Å². The maximum absolute atomic E-state index is 10.5. The monoisotopic (exact) mass is 423 g/mol. The Morgan fingerprint density at radius 1 is 1.06 bits per heavy atom. The van der Waals surface area contributed by atoms with Gasteiger partial charge < -0.3 is 19.5 Å². The number of likely N-dealkylation sites (tertiary alicyclic amines) is 1. The van der Waals surface area contributed by atoms with Crippen molar-refractivity contribution in [2.45, 2.75) is 50.9 Å². The lowest BCUT2D eigenvalue weighted by molar-refractivity contribution is 0.103. The van der Waals surface area contributed by atoms with E-state index in [9.17, 15) is 5.11 Å². The second kappa shape index (κ2) is 8.89. The van der Waals surface area contributed by atoms with Crippen LogP contribution in [0.25, 0.3) is 0 Å². The van der Waals surface area contributed by atoms with Crippen LogP contribution in [-0.4, -0.2) is 54.7 Å². The maximum atomic E-state index is 10.5. The van der Waals surface area contributed by atoms with Crippen LogP contribution in [-0.2, 0) is 0 Å². The molecule has 2 aliphatic rings. The zero-order valence-corrected chi connectivity index (χ0v) is 18.9. The van der Waals surface area contributed by atoms with Gasteiger partial charge >= 0.3 is 0 Å². The maximum Gasteiger partial charge on any atom is 0.161 e. The molecule has 2 N–H and O–H groups in total. The first-order valence-electron chi connectivity index (χ1n) is 11.1. The molecule has 31 heavy (non-hydrogen) atoms. The summed E-state index contributed by atoms with van der Waals surface area (Å²) < 4.78 is 11.0. The number of methoxy groups -OCH3 is 2. The van der Waals surface area contributed by atoms with E-state index in [4.69, 9.17) is 14.5 Å². The van der Waals surface area contributed by atoms with Crippen LogP contribution in [0.4, 0.5) is 0 Å². The highest BCUT2D eigenvalue weighted by Crippen LogP contribution is 2.38. The molecule has 0 bridgehead atoms. The van der Waals surface area contributed by atoms with E-state index in [2.05, 4.69) is 30.1 Å². The van der Waals surface area contributed by atoms with Crippen LogP contribution < -0.4 is 14.8 Å². The van der Waals surface area contributed by atoms with Gasteiger partial charge in [0.1, 0.15) is 11.4 Å². The Balaban J connectivity index is 1.71. The second-order valence-electron chi connectivity index (χ2n) is 8.75. The van der Waals surface area contributed by atoms with Crippen LogP contribution in [0, 0.1) is 0 Å². The number of phenols is 1. The number of aromatic hydroxyl groups is 1. The molecule has 6 nitrogen and oxygen atoms in total. The van der Waals surface area contributed by atoms with Gasteiger partial charge in [-0.05, 0) is 56.5 Å². The average Bonchev–Trinajstić information content (AvgIpc) is 2.78. The quantitative estimate of drug-likeness (QED) is 0.757. The SMILES string of the molecule is COc1ccc([C@H]2CC(c3ccccc3O)=NC3(CCN(C(C)C)CC3)N2)cc1OC. The van der Waals surface area contributed by atoms with E-state index >= 15 is 0 Å². The third-order valence-corrected chi connectivity index (χ3v) is 6.57. The predicted molar refractivity (Wildman–Crippen MR) is 123 cm³/mol. The Kier molecular flexibility index (Phi) is 6.21. The molecule has 1 atom stereocenters. The Morgan fingerprint density at radius 3 is 2.42 bits per heavy atom. The minimum Gasteiger partial charge on any atom is -0.507 e. The van der Waals surface area contributed by atoms with Gasteiger partial charge in [-0.3, -0.25) is 10.3 Å². The fourth-order valence-corrected chi connectivity index (χ4v) is 4.73. The van der Waals surface area contributed by atoms with Crippen molar-refractivity contribution in [1.82, 2.24) is 10.2 Å². The molecule has 0 radical (unpaired) electrons. The van der Waals surface area contributed by atoms with Crippen molar-refractivity contribution in [1.29, 1.82) is 0 Å². The lowest BCUT2D eigenvalue weighted by Crippen LogP contribution is -2.56. The van der Waals surface area contributed by atoms with Crippen LogP contribution in [0.3, 0.4) is 0 Å². The van der Waals surface area contributed by atoms with E-state index in [1.165, 1.54) is 0 Å². The van der Waals surface area contributed by atoms with Crippen LogP contribution >= 0.6 is 0 Å². The number of benzene rings is 2. The molecular formula is C25H33N3O3. The van der Waals surface area contributed by atoms with Crippen molar-refractivity contribution in [3.05, 3.63) is 53.6 Å². The van der Waals surface area contributed by atoms with Crippen molar-refractivity contribution in [2.24, 2.45) is 4.99 Å². The lowest BCUT2D eigenvalue weighted by atomic mass is 9.87. The topological polar surface area (TPSA) is 66.3 Å². The third-order valence-electron chi connectivity index (χ3n) is 6.57. The van der Waals surface area contributed by atoms with E-state index in [1.54, 1.807) is 20.3 Å². The predicted octanol–water partition coefficient (Wildman–Crippen LogP) is 4.13. The van der Waals surface area contributed by atoms with Gasteiger partial charge in [0.25, 0.3) is 0 Å². The Bertz CT molecular complexity index is 949. The molecule has 166 valence electrons. The van der Waals surface area contributed by atoms with Crippen molar-refractivity contribution in [3.63, 3.8) is 0 Å². The zero-order valence-electron chi connectivity index (χ0n) is 18.9. The molecule has 2 heterocycles. The van der Waals surface area contributed by atoms with Crippen LogP contribution in [0.2, 0.25) is 0 Å². The number of rotatable bonds is 5. The summed E-state index contributed by atoms with van der Waals surface area (Å²) in [7, 11) is 3.31. The molecule has 2 aromatic rings. The first-order chi connectivity index (χ1) is 14.9.